The van der Waals surface area contributed by atoms with Crippen LogP contribution in [0.5, 0.6) is 0 Å². The van der Waals surface area contributed by atoms with E-state index in [0.29, 0.717) is 0 Å². The molecule has 0 atom stereocenters. The van der Waals surface area contributed by atoms with E-state index in [1.807, 2.05) is 6.08 Å². The van der Waals surface area contributed by atoms with Crippen molar-refractivity contribution in [2.45, 2.75) is 38.5 Å². The van der Waals surface area contributed by atoms with Gasteiger partial charge in [0, 0.05) is 27.9 Å². The van der Waals surface area contributed by atoms with Crippen LogP contribution >= 0.6 is 0 Å². The molecule has 0 aliphatic heterocycles. The average molecular weight is 704 g/mol. The fraction of sp³-hybridized carbons (Fsp3) is 0.111. The number of nitrogens with zero attached hydrogens (tertiary/aromatic N) is 1. The predicted octanol–water partition coefficient (Wildman–Crippen LogP) is 14.4. The SMILES string of the molecule is CC1(C)c2ccccc2-c2ccc(N(c3ccc(-c4ccc(-c5ccccc5)cc4)c(C4=CC=C=C=C4)c3)c3ccc4c(c3)C(C)(C)c3ccccc3-4)cc21. The first-order chi connectivity index (χ1) is 26.8. The zero-order valence-electron chi connectivity index (χ0n) is 31.7. The summed E-state index contributed by atoms with van der Waals surface area (Å²) in [5.74, 6) is 0. The molecule has 0 N–H and O–H groups in total. The normalized spacial score (nSPS) is 14.9. The van der Waals surface area contributed by atoms with Crippen LogP contribution < -0.4 is 4.90 Å². The maximum absolute atomic E-state index is 3.23. The molecule has 10 rings (SSSR count). The Bertz CT molecular complexity index is 2710. The van der Waals surface area contributed by atoms with E-state index in [0.717, 1.165) is 28.2 Å². The maximum atomic E-state index is 3.23. The van der Waals surface area contributed by atoms with E-state index in [4.69, 9.17) is 0 Å². The molecule has 1 nitrogen and oxygen atoms in total. The Kier molecular flexibility index (Phi) is 7.48. The second kappa shape index (κ2) is 12.5. The number of hydrogen-bond acceptors (Lipinski definition) is 1. The topological polar surface area (TPSA) is 3.24 Å². The van der Waals surface area contributed by atoms with E-state index >= 15 is 0 Å². The van der Waals surface area contributed by atoms with E-state index < -0.39 is 0 Å². The molecule has 0 aromatic heterocycles. The molecule has 0 saturated carbocycles. The molecular weight excluding hydrogens is 663 g/mol. The molecule has 0 amide bonds. The van der Waals surface area contributed by atoms with Crippen molar-refractivity contribution in [2.75, 3.05) is 4.90 Å². The van der Waals surface area contributed by atoms with Gasteiger partial charge in [0.1, 0.15) is 0 Å². The summed E-state index contributed by atoms with van der Waals surface area (Å²) < 4.78 is 0. The summed E-state index contributed by atoms with van der Waals surface area (Å²) in [5, 5.41) is 0. The highest BCUT2D eigenvalue weighted by Crippen LogP contribution is 2.53. The fourth-order valence-corrected chi connectivity index (χ4v) is 9.26. The Hall–Kier alpha value is -6.62. The summed E-state index contributed by atoms with van der Waals surface area (Å²) in [6, 6.07) is 58.4. The highest BCUT2D eigenvalue weighted by Gasteiger charge is 2.37. The summed E-state index contributed by atoms with van der Waals surface area (Å²) in [6.45, 7) is 9.44. The first kappa shape index (κ1) is 33.0. The number of fused-ring (bicyclic) bond motifs is 6. The lowest BCUT2D eigenvalue weighted by Gasteiger charge is -2.30. The number of rotatable bonds is 6. The highest BCUT2D eigenvalue weighted by molar-refractivity contribution is 5.93. The van der Waals surface area contributed by atoms with Crippen molar-refractivity contribution >= 4 is 22.6 Å². The molecule has 3 aliphatic rings. The van der Waals surface area contributed by atoms with Crippen molar-refractivity contribution in [2.24, 2.45) is 0 Å². The van der Waals surface area contributed by atoms with E-state index in [2.05, 4.69) is 214 Å². The molecule has 0 fully saturated rings. The van der Waals surface area contributed by atoms with Gasteiger partial charge in [0.15, 0.2) is 0 Å². The van der Waals surface area contributed by atoms with Crippen LogP contribution in [0.15, 0.2) is 187 Å². The second-order valence-corrected chi connectivity index (χ2v) is 16.0. The van der Waals surface area contributed by atoms with E-state index in [1.54, 1.807) is 0 Å². The molecule has 1 heteroatoms. The Morgan fingerprint density at radius 1 is 0.382 bits per heavy atom. The largest absolute Gasteiger partial charge is 0.310 e. The van der Waals surface area contributed by atoms with Gasteiger partial charge in [0.25, 0.3) is 0 Å². The van der Waals surface area contributed by atoms with Crippen LogP contribution in [0.25, 0.3) is 50.1 Å². The summed E-state index contributed by atoms with van der Waals surface area (Å²) in [4.78, 5) is 2.46. The molecule has 0 heterocycles. The predicted molar refractivity (Wildman–Crippen MR) is 231 cm³/mol. The van der Waals surface area contributed by atoms with Crippen LogP contribution in [-0.4, -0.2) is 0 Å². The Morgan fingerprint density at radius 3 is 1.42 bits per heavy atom. The van der Waals surface area contributed by atoms with Gasteiger partial charge in [-0.1, -0.05) is 160 Å². The van der Waals surface area contributed by atoms with Gasteiger partial charge in [0.2, 0.25) is 0 Å². The van der Waals surface area contributed by atoms with Crippen molar-refractivity contribution in [1.82, 2.24) is 0 Å². The van der Waals surface area contributed by atoms with Crippen molar-refractivity contribution in [3.63, 3.8) is 0 Å². The van der Waals surface area contributed by atoms with E-state index in [-0.39, 0.29) is 10.8 Å². The molecule has 0 unspecified atom stereocenters. The van der Waals surface area contributed by atoms with Crippen LogP contribution in [-0.2, 0) is 10.8 Å². The first-order valence-electron chi connectivity index (χ1n) is 19.3. The average Bonchev–Trinajstić information content (AvgIpc) is 3.61. The molecule has 0 bridgehead atoms. The molecule has 0 spiro atoms. The lowest BCUT2D eigenvalue weighted by molar-refractivity contribution is 0.660. The summed E-state index contributed by atoms with van der Waals surface area (Å²) in [6.07, 6.45) is 6.16. The van der Waals surface area contributed by atoms with Crippen LogP contribution in [0.3, 0.4) is 0 Å². The van der Waals surface area contributed by atoms with Gasteiger partial charge < -0.3 is 4.90 Å². The smallest absolute Gasteiger partial charge is 0.0468 e. The van der Waals surface area contributed by atoms with Gasteiger partial charge in [-0.3, -0.25) is 0 Å². The number of benzene rings is 7. The molecular formula is C54H41N. The highest BCUT2D eigenvalue weighted by atomic mass is 15.1. The van der Waals surface area contributed by atoms with Crippen LogP contribution in [0.2, 0.25) is 0 Å². The lowest BCUT2D eigenvalue weighted by atomic mass is 9.82. The van der Waals surface area contributed by atoms with Gasteiger partial charge in [-0.25, -0.2) is 0 Å². The van der Waals surface area contributed by atoms with Gasteiger partial charge in [-0.15, -0.1) is 0 Å². The number of allylic oxidation sites excluding steroid dienone is 4. The zero-order chi connectivity index (χ0) is 37.3. The van der Waals surface area contributed by atoms with Crippen LogP contribution in [0, 0.1) is 0 Å². The Labute approximate surface area is 324 Å². The third kappa shape index (κ3) is 5.25. The molecule has 0 saturated heterocycles. The van der Waals surface area contributed by atoms with Crippen LogP contribution in [0.1, 0.15) is 55.5 Å². The van der Waals surface area contributed by atoms with Crippen molar-refractivity contribution in [1.29, 1.82) is 0 Å². The third-order valence-corrected chi connectivity index (χ3v) is 12.2. The summed E-state index contributed by atoms with van der Waals surface area (Å²) >= 11 is 0. The van der Waals surface area contributed by atoms with Gasteiger partial charge >= 0.3 is 0 Å². The van der Waals surface area contributed by atoms with Crippen molar-refractivity contribution < 1.29 is 0 Å². The molecule has 262 valence electrons. The zero-order valence-corrected chi connectivity index (χ0v) is 31.7. The maximum Gasteiger partial charge on any atom is 0.0468 e. The van der Waals surface area contributed by atoms with E-state index in [1.165, 1.54) is 66.8 Å². The Balaban J connectivity index is 1.16. The lowest BCUT2D eigenvalue weighted by Crippen LogP contribution is -2.18. The van der Waals surface area contributed by atoms with Crippen molar-refractivity contribution in [3.8, 4) is 44.5 Å². The monoisotopic (exact) mass is 703 g/mol. The van der Waals surface area contributed by atoms with Gasteiger partial charge in [0.05, 0.1) is 0 Å². The Morgan fingerprint density at radius 2 is 0.855 bits per heavy atom. The fourth-order valence-electron chi connectivity index (χ4n) is 9.26. The quantitative estimate of drug-likeness (QED) is 0.156. The molecule has 7 aromatic carbocycles. The van der Waals surface area contributed by atoms with E-state index in [9.17, 15) is 0 Å². The number of anilines is 3. The standard InChI is InChI=1S/C54H41N/c1-53(2)49-21-13-11-19-44(49)46-31-28-41(34-51(46)53)55(42-29-32-47-45-20-12-14-22-50(45)54(3,4)52(47)35-42)40-27-30-43(48(33-40)38-17-9-6-10-18-38)39-25-23-37(24-26-39)36-15-7-5-8-16-36/h5,7-9,11-35H,1-4H3. The molecule has 0 radical (unpaired) electrons. The van der Waals surface area contributed by atoms with Crippen LogP contribution in [0.4, 0.5) is 17.1 Å². The number of hydrogen-bond donors (Lipinski definition) is 0. The molecule has 7 aromatic rings. The third-order valence-electron chi connectivity index (χ3n) is 12.2. The van der Waals surface area contributed by atoms with Crippen molar-refractivity contribution in [3.05, 3.63) is 215 Å². The molecule has 3 aliphatic carbocycles. The first-order valence-corrected chi connectivity index (χ1v) is 19.3. The second-order valence-electron chi connectivity index (χ2n) is 16.0. The summed E-state index contributed by atoms with van der Waals surface area (Å²) in [7, 11) is 0. The molecule has 55 heavy (non-hydrogen) atoms. The minimum Gasteiger partial charge on any atom is -0.310 e. The minimum absolute atomic E-state index is 0.119. The summed E-state index contributed by atoms with van der Waals surface area (Å²) in [5.41, 5.74) is 27.3. The van der Waals surface area contributed by atoms with Gasteiger partial charge in [-0.05, 0) is 133 Å². The van der Waals surface area contributed by atoms with Gasteiger partial charge in [-0.2, -0.15) is 0 Å². The minimum atomic E-state index is -0.119.